The van der Waals surface area contributed by atoms with Gasteiger partial charge in [-0.05, 0) is 11.6 Å². The number of rotatable bonds is 2. The molecular formula is C10H11Cl2N3O3. The Morgan fingerprint density at radius 3 is 2.89 bits per heavy atom. The molecule has 0 saturated carbocycles. The molecule has 0 aromatic carbocycles. The Morgan fingerprint density at radius 2 is 2.06 bits per heavy atom. The standard InChI is InChI=1S/C10H11Cl2N3O3/c11-4-1-13-10(12)15-9(4)14-5-2-17-8-6(16)3-18-7(5)8/h1,5-8,16H,2-3H2,(H,13,14,15)/t5-,6-,7?,8?/m1/s1. The molecule has 3 heterocycles. The smallest absolute Gasteiger partial charge is 0.224 e. The zero-order valence-electron chi connectivity index (χ0n) is 9.22. The zero-order valence-corrected chi connectivity index (χ0v) is 10.7. The zero-order chi connectivity index (χ0) is 12.7. The van der Waals surface area contributed by atoms with Gasteiger partial charge in [0.25, 0.3) is 0 Å². The number of hydrogen-bond donors (Lipinski definition) is 2. The predicted octanol–water partition coefficient (Wildman–Crippen LogP) is 0.722. The van der Waals surface area contributed by atoms with Gasteiger partial charge in [0.2, 0.25) is 5.28 Å². The van der Waals surface area contributed by atoms with Crippen LogP contribution in [0.4, 0.5) is 5.82 Å². The average molecular weight is 292 g/mol. The molecule has 1 aromatic heterocycles. The number of nitrogens with one attached hydrogen (secondary N) is 1. The fourth-order valence-electron chi connectivity index (χ4n) is 2.23. The third-order valence-electron chi connectivity index (χ3n) is 3.06. The van der Waals surface area contributed by atoms with Crippen LogP contribution in [0.1, 0.15) is 0 Å². The van der Waals surface area contributed by atoms with E-state index >= 15 is 0 Å². The van der Waals surface area contributed by atoms with Gasteiger partial charge in [-0.1, -0.05) is 11.6 Å². The van der Waals surface area contributed by atoms with E-state index in [4.69, 9.17) is 32.7 Å². The lowest BCUT2D eigenvalue weighted by molar-refractivity contribution is 0.0184. The summed E-state index contributed by atoms with van der Waals surface area (Å²) in [4.78, 5) is 7.78. The lowest BCUT2D eigenvalue weighted by Crippen LogP contribution is -2.36. The van der Waals surface area contributed by atoms with E-state index in [1.165, 1.54) is 6.20 Å². The van der Waals surface area contributed by atoms with E-state index in [9.17, 15) is 5.11 Å². The van der Waals surface area contributed by atoms with Crippen LogP contribution in [0.2, 0.25) is 10.3 Å². The molecule has 0 aliphatic carbocycles. The van der Waals surface area contributed by atoms with Crippen molar-refractivity contribution >= 4 is 29.0 Å². The van der Waals surface area contributed by atoms with Gasteiger partial charge in [0.1, 0.15) is 29.2 Å². The molecule has 3 rings (SSSR count). The van der Waals surface area contributed by atoms with E-state index in [1.54, 1.807) is 0 Å². The van der Waals surface area contributed by atoms with Crippen LogP contribution in [0.5, 0.6) is 0 Å². The van der Waals surface area contributed by atoms with Crippen molar-refractivity contribution < 1.29 is 14.6 Å². The van der Waals surface area contributed by atoms with Crippen LogP contribution < -0.4 is 5.32 Å². The van der Waals surface area contributed by atoms with E-state index in [0.29, 0.717) is 17.4 Å². The van der Waals surface area contributed by atoms with E-state index in [2.05, 4.69) is 15.3 Å². The molecule has 2 N–H and O–H groups in total. The second-order valence-corrected chi connectivity index (χ2v) is 4.99. The maximum Gasteiger partial charge on any atom is 0.224 e. The maximum atomic E-state index is 9.63. The number of aliphatic hydroxyl groups is 1. The lowest BCUT2D eigenvalue weighted by Gasteiger charge is -2.18. The van der Waals surface area contributed by atoms with Crippen LogP contribution in [-0.2, 0) is 9.47 Å². The average Bonchev–Trinajstić information content (AvgIpc) is 2.89. The Kier molecular flexibility index (Phi) is 3.29. The van der Waals surface area contributed by atoms with Gasteiger partial charge in [-0.15, -0.1) is 0 Å². The van der Waals surface area contributed by atoms with Gasteiger partial charge in [-0.25, -0.2) is 4.98 Å². The minimum atomic E-state index is -0.578. The largest absolute Gasteiger partial charge is 0.388 e. The third kappa shape index (κ3) is 2.15. The van der Waals surface area contributed by atoms with Crippen LogP contribution in [0.25, 0.3) is 0 Å². The fraction of sp³-hybridized carbons (Fsp3) is 0.600. The van der Waals surface area contributed by atoms with E-state index in [0.717, 1.165) is 0 Å². The number of nitrogens with zero attached hydrogens (tertiary/aromatic N) is 2. The molecule has 18 heavy (non-hydrogen) atoms. The Bertz CT molecular complexity index is 462. The summed E-state index contributed by atoms with van der Waals surface area (Å²) in [7, 11) is 0. The molecule has 2 unspecified atom stereocenters. The molecule has 0 radical (unpaired) electrons. The second kappa shape index (κ2) is 4.79. The number of aliphatic hydroxyl groups excluding tert-OH is 1. The number of ether oxygens (including phenoxy) is 2. The van der Waals surface area contributed by atoms with Gasteiger partial charge >= 0.3 is 0 Å². The first kappa shape index (κ1) is 12.4. The van der Waals surface area contributed by atoms with Gasteiger partial charge in [-0.3, -0.25) is 0 Å². The van der Waals surface area contributed by atoms with Gasteiger partial charge < -0.3 is 19.9 Å². The molecule has 2 aliphatic rings. The topological polar surface area (TPSA) is 76.5 Å². The normalized spacial score (nSPS) is 34.6. The summed E-state index contributed by atoms with van der Waals surface area (Å²) in [6, 6.07) is -0.115. The van der Waals surface area contributed by atoms with Crippen molar-refractivity contribution in [1.82, 2.24) is 9.97 Å². The summed E-state index contributed by atoms with van der Waals surface area (Å²) >= 11 is 11.7. The summed E-state index contributed by atoms with van der Waals surface area (Å²) in [5.74, 6) is 0.441. The summed E-state index contributed by atoms with van der Waals surface area (Å²) in [5.41, 5.74) is 0. The van der Waals surface area contributed by atoms with Crippen molar-refractivity contribution in [3.8, 4) is 0 Å². The van der Waals surface area contributed by atoms with Crippen molar-refractivity contribution in [2.75, 3.05) is 18.5 Å². The van der Waals surface area contributed by atoms with Gasteiger partial charge in [-0.2, -0.15) is 4.98 Å². The van der Waals surface area contributed by atoms with Gasteiger partial charge in [0.05, 0.1) is 25.5 Å². The van der Waals surface area contributed by atoms with Crippen LogP contribution >= 0.6 is 23.2 Å². The Labute approximate surface area is 113 Å². The molecule has 98 valence electrons. The van der Waals surface area contributed by atoms with Crippen LogP contribution in [0.3, 0.4) is 0 Å². The molecule has 2 fully saturated rings. The Hall–Kier alpha value is -0.660. The molecule has 1 aromatic rings. The molecule has 8 heteroatoms. The maximum absolute atomic E-state index is 9.63. The monoisotopic (exact) mass is 291 g/mol. The molecule has 0 amide bonds. The first-order valence-electron chi connectivity index (χ1n) is 5.51. The number of anilines is 1. The van der Waals surface area contributed by atoms with Crippen molar-refractivity contribution in [3.05, 3.63) is 16.5 Å². The quantitative estimate of drug-likeness (QED) is 0.782. The minimum absolute atomic E-state index is 0.115. The molecule has 0 spiro atoms. The lowest BCUT2D eigenvalue weighted by atomic mass is 10.1. The predicted molar refractivity (Wildman–Crippen MR) is 64.9 cm³/mol. The van der Waals surface area contributed by atoms with Crippen molar-refractivity contribution in [3.63, 3.8) is 0 Å². The molecule has 4 atom stereocenters. The molecular weight excluding hydrogens is 281 g/mol. The summed E-state index contributed by atoms with van der Waals surface area (Å²) in [5, 5.41) is 13.2. The van der Waals surface area contributed by atoms with E-state index in [1.807, 2.05) is 0 Å². The molecule has 2 saturated heterocycles. The van der Waals surface area contributed by atoms with Crippen molar-refractivity contribution in [2.45, 2.75) is 24.4 Å². The Balaban J connectivity index is 1.75. The van der Waals surface area contributed by atoms with Crippen LogP contribution in [-0.4, -0.2) is 52.6 Å². The summed E-state index contributed by atoms with van der Waals surface area (Å²) < 4.78 is 11.0. The number of hydrogen-bond acceptors (Lipinski definition) is 6. The summed E-state index contributed by atoms with van der Waals surface area (Å²) in [6.45, 7) is 0.704. The van der Waals surface area contributed by atoms with Gasteiger partial charge in [0, 0.05) is 0 Å². The Morgan fingerprint density at radius 1 is 1.28 bits per heavy atom. The summed E-state index contributed by atoms with van der Waals surface area (Å²) in [6.07, 6.45) is 0.353. The SMILES string of the molecule is O[C@@H]1COC2C1OC[C@H]2Nc1nc(Cl)ncc1Cl. The van der Waals surface area contributed by atoms with Crippen molar-refractivity contribution in [1.29, 1.82) is 0 Å². The minimum Gasteiger partial charge on any atom is -0.388 e. The molecule has 2 aliphatic heterocycles. The first-order chi connectivity index (χ1) is 8.65. The van der Waals surface area contributed by atoms with E-state index in [-0.39, 0.29) is 30.1 Å². The number of fused-ring (bicyclic) bond motifs is 1. The highest BCUT2D eigenvalue weighted by Gasteiger charge is 2.47. The molecule has 0 bridgehead atoms. The highest BCUT2D eigenvalue weighted by molar-refractivity contribution is 6.33. The van der Waals surface area contributed by atoms with Crippen LogP contribution in [0.15, 0.2) is 6.20 Å². The third-order valence-corrected chi connectivity index (χ3v) is 3.52. The first-order valence-corrected chi connectivity index (χ1v) is 6.26. The number of halogens is 2. The van der Waals surface area contributed by atoms with Gasteiger partial charge in [0.15, 0.2) is 0 Å². The number of aromatic nitrogens is 2. The van der Waals surface area contributed by atoms with Crippen LogP contribution in [0, 0.1) is 0 Å². The van der Waals surface area contributed by atoms with E-state index < -0.39 is 6.10 Å². The highest BCUT2D eigenvalue weighted by Crippen LogP contribution is 2.30. The van der Waals surface area contributed by atoms with Crippen molar-refractivity contribution in [2.24, 2.45) is 0 Å². The fourth-order valence-corrected chi connectivity index (χ4v) is 2.50. The second-order valence-electron chi connectivity index (χ2n) is 4.25. The highest BCUT2D eigenvalue weighted by atomic mass is 35.5. The molecule has 6 nitrogen and oxygen atoms in total.